The summed E-state index contributed by atoms with van der Waals surface area (Å²) in [5.41, 5.74) is 5.78. The summed E-state index contributed by atoms with van der Waals surface area (Å²) in [6.07, 6.45) is -0.0451. The van der Waals surface area contributed by atoms with Crippen LogP contribution in [0, 0.1) is 0 Å². The zero-order valence-electron chi connectivity index (χ0n) is 13.1. The molecule has 22 heavy (non-hydrogen) atoms. The van der Waals surface area contributed by atoms with E-state index >= 15 is 0 Å². The highest BCUT2D eigenvalue weighted by molar-refractivity contribution is 5.80. The van der Waals surface area contributed by atoms with Crippen LogP contribution in [0.3, 0.4) is 0 Å². The largest absolute Gasteiger partial charge is 0.372 e. The maximum atomic E-state index is 5.85. The highest BCUT2D eigenvalue weighted by Crippen LogP contribution is 2.46. The summed E-state index contributed by atoms with van der Waals surface area (Å²) in [5, 5.41) is 1.17. The Labute approximate surface area is 130 Å². The normalized spacial score (nSPS) is 18.8. The Morgan fingerprint density at radius 2 is 1.68 bits per heavy atom. The molecule has 110 valence electrons. The van der Waals surface area contributed by atoms with Crippen LogP contribution in [-0.2, 0) is 10.2 Å². The van der Waals surface area contributed by atoms with Crippen molar-refractivity contribution in [1.82, 2.24) is 4.98 Å². The smallest absolute Gasteiger partial charge is 0.109 e. The molecule has 2 aromatic carbocycles. The van der Waals surface area contributed by atoms with Gasteiger partial charge in [0.2, 0.25) is 0 Å². The first-order valence-corrected chi connectivity index (χ1v) is 7.65. The van der Waals surface area contributed by atoms with Crippen LogP contribution in [-0.4, -0.2) is 12.1 Å². The van der Waals surface area contributed by atoms with E-state index < -0.39 is 0 Å². The molecule has 4 rings (SSSR count). The first-order valence-electron chi connectivity index (χ1n) is 7.65. The lowest BCUT2D eigenvalue weighted by molar-refractivity contribution is 0.129. The van der Waals surface area contributed by atoms with E-state index in [1.54, 1.807) is 7.11 Å². The SMILES string of the molecule is CO[C@@H]1c2ccccc2C(C)(C)c2nc3ccccc3cc21. The van der Waals surface area contributed by atoms with Gasteiger partial charge in [-0.2, -0.15) is 0 Å². The molecular weight excluding hydrogens is 270 g/mol. The Hall–Kier alpha value is -2.19. The number of para-hydroxylation sites is 1. The van der Waals surface area contributed by atoms with Gasteiger partial charge in [-0.3, -0.25) is 4.98 Å². The quantitative estimate of drug-likeness (QED) is 0.652. The molecular formula is C20H19NO. The second kappa shape index (κ2) is 4.65. The third-order valence-electron chi connectivity index (χ3n) is 4.78. The molecule has 2 nitrogen and oxygen atoms in total. The molecule has 0 saturated heterocycles. The summed E-state index contributed by atoms with van der Waals surface area (Å²) in [5.74, 6) is 0. The second-order valence-electron chi connectivity index (χ2n) is 6.45. The molecule has 0 amide bonds. The fourth-order valence-electron chi connectivity index (χ4n) is 3.68. The first-order chi connectivity index (χ1) is 10.6. The standard InChI is InChI=1S/C20H19NO/c1-20(2)16-10-6-5-9-14(16)18(22-3)15-12-13-8-4-7-11-17(13)21-19(15)20/h4-12,18H,1-3H3/t18-/m1/s1. The minimum Gasteiger partial charge on any atom is -0.372 e. The summed E-state index contributed by atoms with van der Waals surface area (Å²) in [7, 11) is 1.78. The summed E-state index contributed by atoms with van der Waals surface area (Å²) in [4.78, 5) is 4.99. The number of benzene rings is 2. The molecule has 1 aromatic heterocycles. The van der Waals surface area contributed by atoms with Gasteiger partial charge in [-0.15, -0.1) is 0 Å². The Morgan fingerprint density at radius 1 is 0.955 bits per heavy atom. The third-order valence-corrected chi connectivity index (χ3v) is 4.78. The van der Waals surface area contributed by atoms with Crippen molar-refractivity contribution in [2.24, 2.45) is 0 Å². The molecule has 0 fully saturated rings. The van der Waals surface area contributed by atoms with Gasteiger partial charge in [-0.25, -0.2) is 0 Å². The van der Waals surface area contributed by atoms with Crippen molar-refractivity contribution in [3.05, 3.63) is 77.0 Å². The van der Waals surface area contributed by atoms with Crippen LogP contribution < -0.4 is 0 Å². The monoisotopic (exact) mass is 289 g/mol. The minimum atomic E-state index is -0.120. The molecule has 0 spiro atoms. The van der Waals surface area contributed by atoms with Crippen molar-refractivity contribution < 1.29 is 4.74 Å². The Kier molecular flexibility index (Phi) is 2.85. The summed E-state index contributed by atoms with van der Waals surface area (Å²) in [6, 6.07) is 19.1. The molecule has 2 heteroatoms. The summed E-state index contributed by atoms with van der Waals surface area (Å²) in [6.45, 7) is 4.50. The predicted molar refractivity (Wildman–Crippen MR) is 89.2 cm³/mol. The van der Waals surface area contributed by atoms with Crippen LogP contribution in [0.2, 0.25) is 0 Å². The zero-order valence-corrected chi connectivity index (χ0v) is 13.1. The van der Waals surface area contributed by atoms with Crippen molar-refractivity contribution >= 4 is 10.9 Å². The van der Waals surface area contributed by atoms with Crippen LogP contribution >= 0.6 is 0 Å². The highest BCUT2D eigenvalue weighted by atomic mass is 16.5. The molecule has 1 aliphatic carbocycles. The van der Waals surface area contributed by atoms with E-state index in [0.29, 0.717) is 0 Å². The van der Waals surface area contributed by atoms with Gasteiger partial charge in [-0.05, 0) is 23.3 Å². The average molecular weight is 289 g/mol. The van der Waals surface area contributed by atoms with Crippen LogP contribution in [0.15, 0.2) is 54.6 Å². The molecule has 0 radical (unpaired) electrons. The molecule has 0 unspecified atom stereocenters. The van der Waals surface area contributed by atoms with E-state index in [0.717, 1.165) is 11.2 Å². The Bertz CT molecular complexity index is 866. The maximum absolute atomic E-state index is 5.85. The molecule has 1 aliphatic rings. The van der Waals surface area contributed by atoms with Gasteiger partial charge in [0.15, 0.2) is 0 Å². The van der Waals surface area contributed by atoms with E-state index in [2.05, 4.69) is 62.4 Å². The van der Waals surface area contributed by atoms with Crippen molar-refractivity contribution in [3.8, 4) is 0 Å². The number of nitrogens with zero attached hydrogens (tertiary/aromatic N) is 1. The number of hydrogen-bond donors (Lipinski definition) is 0. The van der Waals surface area contributed by atoms with Gasteiger partial charge in [0.05, 0.1) is 11.2 Å². The van der Waals surface area contributed by atoms with Gasteiger partial charge in [0.1, 0.15) is 6.10 Å². The van der Waals surface area contributed by atoms with Gasteiger partial charge in [0.25, 0.3) is 0 Å². The van der Waals surface area contributed by atoms with Gasteiger partial charge in [-0.1, -0.05) is 56.3 Å². The maximum Gasteiger partial charge on any atom is 0.109 e. The lowest BCUT2D eigenvalue weighted by Gasteiger charge is -2.38. The summed E-state index contributed by atoms with van der Waals surface area (Å²) >= 11 is 0. The lowest BCUT2D eigenvalue weighted by Crippen LogP contribution is -2.31. The Morgan fingerprint density at radius 3 is 2.50 bits per heavy atom. The number of pyridine rings is 1. The van der Waals surface area contributed by atoms with Crippen LogP contribution in [0.4, 0.5) is 0 Å². The fraction of sp³-hybridized carbons (Fsp3) is 0.250. The summed E-state index contributed by atoms with van der Waals surface area (Å²) < 4.78 is 5.85. The van der Waals surface area contributed by atoms with Crippen molar-refractivity contribution in [2.75, 3.05) is 7.11 Å². The number of rotatable bonds is 1. The lowest BCUT2D eigenvalue weighted by atomic mass is 9.70. The minimum absolute atomic E-state index is 0.0451. The van der Waals surface area contributed by atoms with Gasteiger partial charge < -0.3 is 4.74 Å². The number of methoxy groups -OCH3 is 1. The topological polar surface area (TPSA) is 22.1 Å². The van der Waals surface area contributed by atoms with E-state index in [9.17, 15) is 0 Å². The number of hydrogen-bond acceptors (Lipinski definition) is 2. The third kappa shape index (κ3) is 1.74. The number of aromatic nitrogens is 1. The Balaban J connectivity index is 2.08. The zero-order chi connectivity index (χ0) is 15.3. The molecule has 0 bridgehead atoms. The highest BCUT2D eigenvalue weighted by Gasteiger charge is 2.38. The molecule has 0 saturated carbocycles. The van der Waals surface area contributed by atoms with Gasteiger partial charge >= 0.3 is 0 Å². The average Bonchev–Trinajstić information content (AvgIpc) is 2.54. The van der Waals surface area contributed by atoms with Crippen molar-refractivity contribution in [3.63, 3.8) is 0 Å². The van der Waals surface area contributed by atoms with Crippen molar-refractivity contribution in [2.45, 2.75) is 25.4 Å². The van der Waals surface area contributed by atoms with E-state index in [1.807, 2.05) is 6.07 Å². The second-order valence-corrected chi connectivity index (χ2v) is 6.45. The van der Waals surface area contributed by atoms with E-state index in [4.69, 9.17) is 9.72 Å². The van der Waals surface area contributed by atoms with E-state index in [-0.39, 0.29) is 11.5 Å². The van der Waals surface area contributed by atoms with E-state index in [1.165, 1.54) is 22.1 Å². The van der Waals surface area contributed by atoms with Gasteiger partial charge in [0, 0.05) is 23.5 Å². The predicted octanol–water partition coefficient (Wildman–Crippen LogP) is 4.61. The molecule has 1 heterocycles. The molecule has 0 N–H and O–H groups in total. The van der Waals surface area contributed by atoms with Crippen LogP contribution in [0.25, 0.3) is 10.9 Å². The molecule has 3 aromatic rings. The van der Waals surface area contributed by atoms with Crippen molar-refractivity contribution in [1.29, 1.82) is 0 Å². The first kappa shape index (κ1) is 13.5. The molecule has 0 aliphatic heterocycles. The van der Waals surface area contributed by atoms with Crippen LogP contribution in [0.1, 0.15) is 42.3 Å². The van der Waals surface area contributed by atoms with Crippen LogP contribution in [0.5, 0.6) is 0 Å². The number of ether oxygens (including phenoxy) is 1. The molecule has 1 atom stereocenters. The fourth-order valence-corrected chi connectivity index (χ4v) is 3.68. The number of fused-ring (bicyclic) bond motifs is 3.